The van der Waals surface area contributed by atoms with E-state index < -0.39 is 0 Å². The second kappa shape index (κ2) is 12.9. The number of guanidine groups is 1. The van der Waals surface area contributed by atoms with Crippen molar-refractivity contribution >= 4 is 29.9 Å². The van der Waals surface area contributed by atoms with Crippen LogP contribution in [0.2, 0.25) is 0 Å². The smallest absolute Gasteiger partial charge is 0.191 e. The molecule has 1 aromatic rings. The number of nitrogens with one attached hydrogen (secondary N) is 2. The van der Waals surface area contributed by atoms with Gasteiger partial charge in [-0.25, -0.2) is 0 Å². The van der Waals surface area contributed by atoms with Crippen LogP contribution in [0.3, 0.4) is 0 Å². The first-order valence-electron chi connectivity index (χ1n) is 7.42. The second-order valence-corrected chi connectivity index (χ2v) is 4.72. The molecule has 7 nitrogen and oxygen atoms in total. The Balaban J connectivity index is 0.00000529. The van der Waals surface area contributed by atoms with Crippen molar-refractivity contribution < 1.29 is 18.9 Å². The quantitative estimate of drug-likeness (QED) is 0.258. The minimum Gasteiger partial charge on any atom is -0.496 e. The van der Waals surface area contributed by atoms with Crippen molar-refractivity contribution in [2.45, 2.75) is 13.0 Å². The maximum Gasteiger partial charge on any atom is 0.191 e. The lowest BCUT2D eigenvalue weighted by molar-refractivity contribution is 0.195. The first kappa shape index (κ1) is 22.6. The van der Waals surface area contributed by atoms with E-state index >= 15 is 0 Å². The summed E-state index contributed by atoms with van der Waals surface area (Å²) in [7, 11) is 8.26. The third kappa shape index (κ3) is 7.00. The van der Waals surface area contributed by atoms with Crippen LogP contribution < -0.4 is 24.8 Å². The van der Waals surface area contributed by atoms with Crippen molar-refractivity contribution in [1.29, 1.82) is 0 Å². The van der Waals surface area contributed by atoms with E-state index in [-0.39, 0.29) is 24.0 Å². The summed E-state index contributed by atoms with van der Waals surface area (Å²) in [6.07, 6.45) is 0.914. The summed E-state index contributed by atoms with van der Waals surface area (Å²) in [5, 5.41) is 6.47. The summed E-state index contributed by atoms with van der Waals surface area (Å²) < 4.78 is 21.1. The van der Waals surface area contributed by atoms with Crippen LogP contribution in [0.25, 0.3) is 0 Å². The fourth-order valence-corrected chi connectivity index (χ4v) is 2.05. The summed E-state index contributed by atoms with van der Waals surface area (Å²) in [6.45, 7) is 2.05. The molecule has 0 saturated heterocycles. The lowest BCUT2D eigenvalue weighted by Gasteiger charge is -2.16. The van der Waals surface area contributed by atoms with E-state index in [0.717, 1.165) is 30.2 Å². The van der Waals surface area contributed by atoms with Crippen LogP contribution in [0.4, 0.5) is 0 Å². The number of hydrogen-bond acceptors (Lipinski definition) is 5. The molecule has 1 aromatic carbocycles. The largest absolute Gasteiger partial charge is 0.496 e. The lowest BCUT2D eigenvalue weighted by Crippen LogP contribution is -2.37. The molecular formula is C16H28IN3O4. The highest BCUT2D eigenvalue weighted by atomic mass is 127. The van der Waals surface area contributed by atoms with E-state index in [0.29, 0.717) is 24.7 Å². The van der Waals surface area contributed by atoms with Crippen molar-refractivity contribution in [3.05, 3.63) is 17.7 Å². The highest BCUT2D eigenvalue weighted by molar-refractivity contribution is 14.0. The number of methoxy groups -OCH3 is 4. The van der Waals surface area contributed by atoms with Gasteiger partial charge in [-0.1, -0.05) is 0 Å². The Kier molecular flexibility index (Phi) is 12.2. The molecule has 0 radical (unpaired) electrons. The van der Waals surface area contributed by atoms with Gasteiger partial charge in [0.1, 0.15) is 5.75 Å². The van der Waals surface area contributed by atoms with E-state index in [1.165, 1.54) is 0 Å². The van der Waals surface area contributed by atoms with Crippen molar-refractivity contribution in [3.63, 3.8) is 0 Å². The van der Waals surface area contributed by atoms with Gasteiger partial charge in [-0.2, -0.15) is 0 Å². The second-order valence-electron chi connectivity index (χ2n) is 4.72. The van der Waals surface area contributed by atoms with Gasteiger partial charge in [0.05, 0.1) is 21.3 Å². The Morgan fingerprint density at radius 3 is 2.12 bits per heavy atom. The molecule has 2 N–H and O–H groups in total. The molecule has 0 heterocycles. The molecule has 0 spiro atoms. The average Bonchev–Trinajstić information content (AvgIpc) is 2.60. The number of ether oxygens (including phenoxy) is 4. The van der Waals surface area contributed by atoms with Crippen LogP contribution in [0, 0.1) is 0 Å². The van der Waals surface area contributed by atoms with Crippen molar-refractivity contribution in [3.8, 4) is 17.2 Å². The minimum atomic E-state index is 0. The lowest BCUT2D eigenvalue weighted by atomic mass is 10.1. The molecule has 0 atom stereocenters. The highest BCUT2D eigenvalue weighted by Gasteiger charge is 2.12. The molecule has 138 valence electrons. The fraction of sp³-hybridized carbons (Fsp3) is 0.562. The van der Waals surface area contributed by atoms with Crippen LogP contribution >= 0.6 is 24.0 Å². The van der Waals surface area contributed by atoms with Gasteiger partial charge in [0, 0.05) is 45.5 Å². The summed E-state index contributed by atoms with van der Waals surface area (Å²) in [5.41, 5.74) is 0.949. The van der Waals surface area contributed by atoms with Gasteiger partial charge >= 0.3 is 0 Å². The van der Waals surface area contributed by atoms with Crippen molar-refractivity contribution in [1.82, 2.24) is 10.6 Å². The Bertz CT molecular complexity index is 512. The zero-order valence-electron chi connectivity index (χ0n) is 15.0. The van der Waals surface area contributed by atoms with Gasteiger partial charge in [0.2, 0.25) is 0 Å². The topological polar surface area (TPSA) is 73.3 Å². The summed E-state index contributed by atoms with van der Waals surface area (Å²) in [6, 6.07) is 3.70. The predicted molar refractivity (Wildman–Crippen MR) is 106 cm³/mol. The van der Waals surface area contributed by atoms with Gasteiger partial charge in [-0.15, -0.1) is 24.0 Å². The Morgan fingerprint density at radius 2 is 1.58 bits per heavy atom. The summed E-state index contributed by atoms with van der Waals surface area (Å²) in [5.74, 6) is 2.74. The number of aliphatic imine (C=N–C) groups is 1. The zero-order valence-corrected chi connectivity index (χ0v) is 17.3. The molecule has 0 bridgehead atoms. The number of halogens is 1. The third-order valence-electron chi connectivity index (χ3n) is 3.27. The number of nitrogens with zero attached hydrogens (tertiary/aromatic N) is 1. The molecule has 0 amide bonds. The fourth-order valence-electron chi connectivity index (χ4n) is 2.05. The first-order chi connectivity index (χ1) is 11.2. The Morgan fingerprint density at radius 1 is 0.958 bits per heavy atom. The van der Waals surface area contributed by atoms with Gasteiger partial charge in [0.15, 0.2) is 17.5 Å². The van der Waals surface area contributed by atoms with E-state index in [2.05, 4.69) is 15.6 Å². The number of hydrogen-bond donors (Lipinski definition) is 2. The zero-order chi connectivity index (χ0) is 17.1. The van der Waals surface area contributed by atoms with Gasteiger partial charge in [-0.05, 0) is 12.5 Å². The maximum absolute atomic E-state index is 5.41. The van der Waals surface area contributed by atoms with Crippen molar-refractivity contribution in [2.24, 2.45) is 4.99 Å². The summed E-state index contributed by atoms with van der Waals surface area (Å²) >= 11 is 0. The minimum absolute atomic E-state index is 0. The number of rotatable bonds is 9. The molecule has 0 aromatic heterocycles. The highest BCUT2D eigenvalue weighted by Crippen LogP contribution is 2.34. The molecular weight excluding hydrogens is 425 g/mol. The van der Waals surface area contributed by atoms with E-state index in [4.69, 9.17) is 18.9 Å². The van der Waals surface area contributed by atoms with Gasteiger partial charge in [-0.3, -0.25) is 4.99 Å². The maximum atomic E-state index is 5.41. The van der Waals surface area contributed by atoms with E-state index in [1.807, 2.05) is 12.1 Å². The third-order valence-corrected chi connectivity index (χ3v) is 3.27. The molecule has 0 aliphatic heterocycles. The SMILES string of the molecule is CN=C(NCCCOC)NCc1cc(OC)c(OC)cc1OC.I. The first-order valence-corrected chi connectivity index (χ1v) is 7.42. The molecule has 0 unspecified atom stereocenters. The molecule has 0 aliphatic rings. The van der Waals surface area contributed by atoms with Crippen molar-refractivity contribution in [2.75, 3.05) is 48.6 Å². The normalized spacial score (nSPS) is 10.6. The van der Waals surface area contributed by atoms with Gasteiger partial charge < -0.3 is 29.6 Å². The van der Waals surface area contributed by atoms with Crippen LogP contribution in [0.1, 0.15) is 12.0 Å². The molecule has 24 heavy (non-hydrogen) atoms. The number of benzene rings is 1. The predicted octanol–water partition coefficient (Wildman–Crippen LogP) is 2.03. The monoisotopic (exact) mass is 453 g/mol. The van der Waals surface area contributed by atoms with E-state index in [9.17, 15) is 0 Å². The molecule has 0 fully saturated rings. The van der Waals surface area contributed by atoms with E-state index in [1.54, 1.807) is 35.5 Å². The standard InChI is InChI=1S/C16H27N3O4.HI/c1-17-16(18-7-6-8-20-2)19-11-12-9-14(22-4)15(23-5)10-13(12)21-3;/h9-10H,6-8,11H2,1-5H3,(H2,17,18,19);1H. The molecule has 8 heteroatoms. The molecule has 0 saturated carbocycles. The molecule has 1 rings (SSSR count). The summed E-state index contributed by atoms with van der Waals surface area (Å²) in [4.78, 5) is 4.19. The van der Waals surface area contributed by atoms with Crippen LogP contribution in [0.15, 0.2) is 17.1 Å². The van der Waals surface area contributed by atoms with Gasteiger partial charge in [0.25, 0.3) is 0 Å². The van der Waals surface area contributed by atoms with Crippen LogP contribution in [-0.4, -0.2) is 54.6 Å². The molecule has 0 aliphatic carbocycles. The van der Waals surface area contributed by atoms with Crippen LogP contribution in [-0.2, 0) is 11.3 Å². The Labute approximate surface area is 161 Å². The average molecular weight is 453 g/mol. The Hall–Kier alpha value is -1.42. The van der Waals surface area contributed by atoms with Crippen LogP contribution in [0.5, 0.6) is 17.2 Å².